The number of hydrogen-bond acceptors (Lipinski definition) is 3. The Morgan fingerprint density at radius 3 is 2.47 bits per heavy atom. The Bertz CT molecular complexity index is 706. The molecule has 4 nitrogen and oxygen atoms in total. The van der Waals surface area contributed by atoms with E-state index < -0.39 is 0 Å². The molecule has 1 aromatic carbocycles. The third-order valence-electron chi connectivity index (χ3n) is 2.78. The Labute approximate surface area is 119 Å². The first kappa shape index (κ1) is 12.0. The second kappa shape index (κ2) is 4.93. The van der Waals surface area contributed by atoms with Gasteiger partial charge in [-0.25, -0.2) is 4.98 Å². The number of pyridine rings is 1. The zero-order valence-electron chi connectivity index (χ0n) is 10.3. The molecule has 0 aliphatic rings. The number of nitrogens with zero attached hydrogens (tertiary/aromatic N) is 4. The van der Waals surface area contributed by atoms with Crippen LogP contribution in [0.2, 0.25) is 0 Å². The molecule has 0 aliphatic heterocycles. The predicted molar refractivity (Wildman–Crippen MR) is 77.0 cm³/mol. The molecule has 0 bridgehead atoms. The monoisotopic (exact) mass is 314 g/mol. The van der Waals surface area contributed by atoms with Crippen LogP contribution in [0.3, 0.4) is 0 Å². The van der Waals surface area contributed by atoms with Crippen molar-refractivity contribution < 1.29 is 0 Å². The van der Waals surface area contributed by atoms with Crippen LogP contribution >= 0.6 is 15.9 Å². The smallest absolute Gasteiger partial charge is 0.187 e. The molecule has 0 saturated heterocycles. The summed E-state index contributed by atoms with van der Waals surface area (Å²) in [6, 6.07) is 15.8. The summed E-state index contributed by atoms with van der Waals surface area (Å²) in [4.78, 5) is 4.44. The molecule has 19 heavy (non-hydrogen) atoms. The first-order chi connectivity index (χ1) is 9.25. The quantitative estimate of drug-likeness (QED) is 0.681. The molecule has 0 aliphatic carbocycles. The van der Waals surface area contributed by atoms with Gasteiger partial charge in [0.2, 0.25) is 0 Å². The van der Waals surface area contributed by atoms with Gasteiger partial charge in [0.25, 0.3) is 0 Å². The molecule has 0 saturated carbocycles. The minimum atomic E-state index is 0.741. The van der Waals surface area contributed by atoms with E-state index in [1.807, 2.05) is 60.0 Å². The molecule has 0 amide bonds. The lowest BCUT2D eigenvalue weighted by molar-refractivity contribution is 0.969. The highest BCUT2D eigenvalue weighted by Crippen LogP contribution is 2.22. The first-order valence-electron chi connectivity index (χ1n) is 5.86. The number of hydrogen-bond donors (Lipinski definition) is 0. The van der Waals surface area contributed by atoms with E-state index in [0.717, 1.165) is 27.6 Å². The normalized spacial score (nSPS) is 10.6. The van der Waals surface area contributed by atoms with Gasteiger partial charge in [0, 0.05) is 5.69 Å². The molecule has 0 atom stereocenters. The molecule has 0 fully saturated rings. The highest BCUT2D eigenvalue weighted by Gasteiger charge is 2.13. The van der Waals surface area contributed by atoms with Crippen molar-refractivity contribution in [3.8, 4) is 17.2 Å². The van der Waals surface area contributed by atoms with Gasteiger partial charge >= 0.3 is 0 Å². The second-order valence-electron chi connectivity index (χ2n) is 4.09. The van der Waals surface area contributed by atoms with Gasteiger partial charge in [0.05, 0.1) is 0 Å². The van der Waals surface area contributed by atoms with Crippen molar-refractivity contribution in [1.82, 2.24) is 19.7 Å². The minimum Gasteiger partial charge on any atom is -0.278 e. The van der Waals surface area contributed by atoms with Gasteiger partial charge in [-0.1, -0.05) is 24.3 Å². The molecular weight excluding hydrogens is 304 g/mol. The summed E-state index contributed by atoms with van der Waals surface area (Å²) in [5.41, 5.74) is 1.82. The number of aromatic nitrogens is 4. The molecule has 0 unspecified atom stereocenters. The molecule has 0 spiro atoms. The Kier molecular flexibility index (Phi) is 3.13. The van der Waals surface area contributed by atoms with E-state index in [4.69, 9.17) is 0 Å². The average molecular weight is 315 g/mol. The van der Waals surface area contributed by atoms with Crippen molar-refractivity contribution in [2.45, 2.75) is 6.92 Å². The summed E-state index contributed by atoms with van der Waals surface area (Å²) in [6.45, 7) is 1.93. The molecule has 5 heteroatoms. The topological polar surface area (TPSA) is 43.6 Å². The first-order valence-corrected chi connectivity index (χ1v) is 6.65. The van der Waals surface area contributed by atoms with Crippen molar-refractivity contribution in [1.29, 1.82) is 0 Å². The van der Waals surface area contributed by atoms with E-state index in [2.05, 4.69) is 31.1 Å². The third-order valence-corrected chi connectivity index (χ3v) is 3.23. The maximum absolute atomic E-state index is 4.44. The largest absolute Gasteiger partial charge is 0.278 e. The van der Waals surface area contributed by atoms with Gasteiger partial charge in [-0.15, -0.1) is 10.2 Å². The molecule has 3 aromatic rings. The lowest BCUT2D eigenvalue weighted by atomic mass is 10.3. The van der Waals surface area contributed by atoms with Crippen molar-refractivity contribution >= 4 is 15.9 Å². The van der Waals surface area contributed by atoms with Gasteiger partial charge in [0.15, 0.2) is 5.82 Å². The maximum atomic E-state index is 4.44. The summed E-state index contributed by atoms with van der Waals surface area (Å²) in [5.74, 6) is 1.58. The van der Waals surface area contributed by atoms with Crippen molar-refractivity contribution in [3.05, 3.63) is 59.0 Å². The third kappa shape index (κ3) is 2.29. The number of halogens is 1. The summed E-state index contributed by atoms with van der Waals surface area (Å²) >= 11 is 3.38. The standard InChI is InChI=1S/C14H11BrN4/c1-10-17-18-14(12-8-5-9-13(15)16-12)19(10)11-6-3-2-4-7-11/h2-9H,1H3. The van der Waals surface area contributed by atoms with Gasteiger partial charge < -0.3 is 0 Å². The Morgan fingerprint density at radius 2 is 1.74 bits per heavy atom. The van der Waals surface area contributed by atoms with Crippen LogP contribution in [-0.2, 0) is 0 Å². The fourth-order valence-electron chi connectivity index (χ4n) is 1.95. The molecule has 0 N–H and O–H groups in total. The van der Waals surface area contributed by atoms with Crippen molar-refractivity contribution in [2.24, 2.45) is 0 Å². The van der Waals surface area contributed by atoms with Crippen LogP contribution < -0.4 is 0 Å². The summed E-state index contributed by atoms with van der Waals surface area (Å²) < 4.78 is 2.78. The maximum Gasteiger partial charge on any atom is 0.187 e. The van der Waals surface area contributed by atoms with Crippen LogP contribution in [0.4, 0.5) is 0 Å². The van der Waals surface area contributed by atoms with Crippen LogP contribution in [0.5, 0.6) is 0 Å². The lowest BCUT2D eigenvalue weighted by Crippen LogP contribution is -2.00. The zero-order chi connectivity index (χ0) is 13.2. The van der Waals surface area contributed by atoms with Crippen LogP contribution in [0, 0.1) is 6.92 Å². The molecule has 94 valence electrons. The number of aryl methyl sites for hydroxylation is 1. The van der Waals surface area contributed by atoms with Crippen LogP contribution in [0.15, 0.2) is 53.1 Å². The highest BCUT2D eigenvalue weighted by atomic mass is 79.9. The van der Waals surface area contributed by atoms with Gasteiger partial charge in [-0.05, 0) is 47.1 Å². The zero-order valence-corrected chi connectivity index (χ0v) is 11.9. The summed E-state index contributed by atoms with van der Waals surface area (Å²) in [5, 5.41) is 8.39. The van der Waals surface area contributed by atoms with Gasteiger partial charge in [-0.3, -0.25) is 4.57 Å². The SMILES string of the molecule is Cc1nnc(-c2cccc(Br)n2)n1-c1ccccc1. The van der Waals surface area contributed by atoms with Crippen molar-refractivity contribution in [2.75, 3.05) is 0 Å². The average Bonchev–Trinajstić information content (AvgIpc) is 2.82. The number of para-hydroxylation sites is 1. The number of benzene rings is 1. The Balaban J connectivity index is 2.19. The van der Waals surface area contributed by atoms with E-state index in [-0.39, 0.29) is 0 Å². The molecule has 0 radical (unpaired) electrons. The van der Waals surface area contributed by atoms with E-state index >= 15 is 0 Å². The van der Waals surface area contributed by atoms with E-state index in [1.165, 1.54) is 0 Å². The second-order valence-corrected chi connectivity index (χ2v) is 4.90. The van der Waals surface area contributed by atoms with Crippen LogP contribution in [0.25, 0.3) is 17.2 Å². The molecule has 3 rings (SSSR count). The molecule has 2 aromatic heterocycles. The van der Waals surface area contributed by atoms with Gasteiger partial charge in [0.1, 0.15) is 16.1 Å². The summed E-state index contributed by atoms with van der Waals surface area (Å²) in [6.07, 6.45) is 0. The Hall–Kier alpha value is -2.01. The fourth-order valence-corrected chi connectivity index (χ4v) is 2.29. The summed E-state index contributed by atoms with van der Waals surface area (Å²) in [7, 11) is 0. The highest BCUT2D eigenvalue weighted by molar-refractivity contribution is 9.10. The molecule has 2 heterocycles. The van der Waals surface area contributed by atoms with Crippen molar-refractivity contribution in [3.63, 3.8) is 0 Å². The molecular formula is C14H11BrN4. The fraction of sp³-hybridized carbons (Fsp3) is 0.0714. The van der Waals surface area contributed by atoms with Gasteiger partial charge in [-0.2, -0.15) is 0 Å². The Morgan fingerprint density at radius 1 is 0.947 bits per heavy atom. The predicted octanol–water partition coefficient (Wildman–Crippen LogP) is 3.40. The van der Waals surface area contributed by atoms with Crippen LogP contribution in [0.1, 0.15) is 5.82 Å². The van der Waals surface area contributed by atoms with Crippen LogP contribution in [-0.4, -0.2) is 19.7 Å². The van der Waals surface area contributed by atoms with E-state index in [0.29, 0.717) is 0 Å². The minimum absolute atomic E-state index is 0.741. The van der Waals surface area contributed by atoms with E-state index in [9.17, 15) is 0 Å². The number of rotatable bonds is 2. The lowest BCUT2D eigenvalue weighted by Gasteiger charge is -2.08. The van der Waals surface area contributed by atoms with E-state index in [1.54, 1.807) is 0 Å².